The van der Waals surface area contributed by atoms with Crippen molar-refractivity contribution in [2.45, 2.75) is 19.4 Å². The van der Waals surface area contributed by atoms with Crippen molar-refractivity contribution in [1.29, 1.82) is 0 Å². The second-order valence-electron chi connectivity index (χ2n) is 3.23. The van der Waals surface area contributed by atoms with Crippen molar-refractivity contribution in [2.75, 3.05) is 40.0 Å². The first-order chi connectivity index (χ1) is 6.20. The van der Waals surface area contributed by atoms with E-state index < -0.39 is 0 Å². The molecule has 0 aliphatic carbocycles. The summed E-state index contributed by atoms with van der Waals surface area (Å²) >= 11 is 0. The van der Waals surface area contributed by atoms with Crippen LogP contribution >= 0.6 is 0 Å². The molecule has 0 aliphatic rings. The molecule has 0 spiro atoms. The number of likely N-dealkylation sites (N-methyl/N-ethyl adjacent to an activating group) is 1. The Balaban J connectivity index is 3.32. The van der Waals surface area contributed by atoms with Crippen LogP contribution in [0, 0.1) is 0 Å². The number of hydrogen-bond acceptors (Lipinski definition) is 4. The van der Waals surface area contributed by atoms with Crippen molar-refractivity contribution < 1.29 is 9.84 Å². The second kappa shape index (κ2) is 8.44. The van der Waals surface area contributed by atoms with Gasteiger partial charge in [-0.05, 0) is 20.4 Å². The summed E-state index contributed by atoms with van der Waals surface area (Å²) in [5.41, 5.74) is 5.75. The smallest absolute Gasteiger partial charge is 0.0593 e. The van der Waals surface area contributed by atoms with Gasteiger partial charge in [0.2, 0.25) is 0 Å². The number of nitrogens with zero attached hydrogens (tertiary/aromatic N) is 1. The quantitative estimate of drug-likeness (QED) is 0.514. The average Bonchev–Trinajstić information content (AvgIpc) is 2.05. The minimum atomic E-state index is 0.0663. The number of aliphatic hydroxyl groups is 1. The fraction of sp³-hybridized carbons (Fsp3) is 1.00. The summed E-state index contributed by atoms with van der Waals surface area (Å²) in [5, 5.41) is 8.64. The van der Waals surface area contributed by atoms with Crippen LogP contribution in [0.15, 0.2) is 0 Å². The van der Waals surface area contributed by atoms with Gasteiger partial charge in [-0.25, -0.2) is 0 Å². The maximum absolute atomic E-state index is 8.64. The predicted molar refractivity (Wildman–Crippen MR) is 53.7 cm³/mol. The number of hydrogen-bond donors (Lipinski definition) is 2. The minimum Gasteiger partial charge on any atom is -0.396 e. The third-order valence-corrected chi connectivity index (χ3v) is 1.87. The largest absolute Gasteiger partial charge is 0.396 e. The highest BCUT2D eigenvalue weighted by atomic mass is 16.5. The summed E-state index contributed by atoms with van der Waals surface area (Å²) < 4.78 is 5.21. The van der Waals surface area contributed by atoms with Crippen LogP contribution in [0.4, 0.5) is 0 Å². The molecule has 3 N–H and O–H groups in total. The zero-order valence-corrected chi connectivity index (χ0v) is 8.70. The molecule has 0 aromatic heterocycles. The highest BCUT2D eigenvalue weighted by Crippen LogP contribution is 1.91. The Hall–Kier alpha value is -0.160. The average molecular weight is 190 g/mol. The van der Waals surface area contributed by atoms with E-state index in [1.807, 2.05) is 14.0 Å². The van der Waals surface area contributed by atoms with E-state index in [0.29, 0.717) is 6.42 Å². The highest BCUT2D eigenvalue weighted by Gasteiger charge is 2.05. The Morgan fingerprint density at radius 2 is 2.23 bits per heavy atom. The van der Waals surface area contributed by atoms with E-state index in [1.165, 1.54) is 0 Å². The molecule has 0 amide bonds. The van der Waals surface area contributed by atoms with Crippen LogP contribution in [0.1, 0.15) is 13.3 Å². The zero-order chi connectivity index (χ0) is 10.1. The van der Waals surface area contributed by atoms with E-state index in [9.17, 15) is 0 Å². The summed E-state index contributed by atoms with van der Waals surface area (Å²) in [6.45, 7) is 5.37. The van der Waals surface area contributed by atoms with Gasteiger partial charge in [0.05, 0.1) is 6.61 Å². The first kappa shape index (κ1) is 12.8. The Morgan fingerprint density at radius 1 is 1.54 bits per heavy atom. The molecule has 0 saturated carbocycles. The SMILES string of the molecule is CCOCCN(C)CC(N)CCO. The molecular weight excluding hydrogens is 168 g/mol. The van der Waals surface area contributed by atoms with E-state index in [4.69, 9.17) is 15.6 Å². The molecule has 80 valence electrons. The fourth-order valence-corrected chi connectivity index (χ4v) is 1.11. The first-order valence-corrected chi connectivity index (χ1v) is 4.83. The number of rotatable bonds is 8. The van der Waals surface area contributed by atoms with Crippen molar-refractivity contribution in [3.8, 4) is 0 Å². The third kappa shape index (κ3) is 8.18. The molecule has 0 aliphatic heterocycles. The molecule has 1 atom stereocenters. The van der Waals surface area contributed by atoms with E-state index in [-0.39, 0.29) is 12.6 Å². The van der Waals surface area contributed by atoms with Crippen LogP contribution in [0.2, 0.25) is 0 Å². The normalized spacial score (nSPS) is 13.6. The van der Waals surface area contributed by atoms with Gasteiger partial charge in [-0.15, -0.1) is 0 Å². The topological polar surface area (TPSA) is 58.7 Å². The maximum atomic E-state index is 8.64. The van der Waals surface area contributed by atoms with Gasteiger partial charge in [-0.3, -0.25) is 0 Å². The van der Waals surface area contributed by atoms with Crippen LogP contribution in [-0.2, 0) is 4.74 Å². The molecule has 1 unspecified atom stereocenters. The van der Waals surface area contributed by atoms with E-state index in [1.54, 1.807) is 0 Å². The zero-order valence-electron chi connectivity index (χ0n) is 8.70. The lowest BCUT2D eigenvalue weighted by Crippen LogP contribution is -2.37. The van der Waals surface area contributed by atoms with Gasteiger partial charge in [-0.2, -0.15) is 0 Å². The molecule has 13 heavy (non-hydrogen) atoms. The Labute approximate surface area is 80.7 Å². The van der Waals surface area contributed by atoms with Crippen LogP contribution in [0.25, 0.3) is 0 Å². The summed E-state index contributed by atoms with van der Waals surface area (Å²) in [6, 6.07) is 0.0663. The van der Waals surface area contributed by atoms with Gasteiger partial charge in [-0.1, -0.05) is 0 Å². The Bertz CT molecular complexity index is 112. The van der Waals surface area contributed by atoms with Gasteiger partial charge < -0.3 is 20.5 Å². The van der Waals surface area contributed by atoms with E-state index >= 15 is 0 Å². The third-order valence-electron chi connectivity index (χ3n) is 1.87. The van der Waals surface area contributed by atoms with Crippen molar-refractivity contribution in [3.05, 3.63) is 0 Å². The lowest BCUT2D eigenvalue weighted by Gasteiger charge is -2.20. The van der Waals surface area contributed by atoms with Gasteiger partial charge in [0.1, 0.15) is 0 Å². The minimum absolute atomic E-state index is 0.0663. The second-order valence-corrected chi connectivity index (χ2v) is 3.23. The number of aliphatic hydroxyl groups excluding tert-OH is 1. The lowest BCUT2D eigenvalue weighted by atomic mass is 10.2. The van der Waals surface area contributed by atoms with Crippen LogP contribution in [0.3, 0.4) is 0 Å². The molecule has 0 fully saturated rings. The predicted octanol–water partition coefficient (Wildman–Crippen LogP) is -0.336. The van der Waals surface area contributed by atoms with E-state index in [2.05, 4.69) is 4.90 Å². The van der Waals surface area contributed by atoms with Gasteiger partial charge in [0.25, 0.3) is 0 Å². The van der Waals surface area contributed by atoms with Gasteiger partial charge in [0.15, 0.2) is 0 Å². The van der Waals surface area contributed by atoms with Gasteiger partial charge >= 0.3 is 0 Å². The van der Waals surface area contributed by atoms with Gasteiger partial charge in [0, 0.05) is 32.3 Å². The van der Waals surface area contributed by atoms with Crippen molar-refractivity contribution in [3.63, 3.8) is 0 Å². The Morgan fingerprint density at radius 3 is 2.77 bits per heavy atom. The molecule has 4 nitrogen and oxygen atoms in total. The molecule has 0 heterocycles. The molecule has 0 saturated heterocycles. The molecule has 0 aromatic rings. The maximum Gasteiger partial charge on any atom is 0.0593 e. The Kier molecular flexibility index (Phi) is 8.33. The van der Waals surface area contributed by atoms with Crippen LogP contribution < -0.4 is 5.73 Å². The molecule has 0 radical (unpaired) electrons. The molecule has 4 heteroatoms. The molecule has 0 rings (SSSR count). The monoisotopic (exact) mass is 190 g/mol. The number of ether oxygens (including phenoxy) is 1. The lowest BCUT2D eigenvalue weighted by molar-refractivity contribution is 0.119. The molecule has 0 bridgehead atoms. The summed E-state index contributed by atoms with van der Waals surface area (Å²) in [4.78, 5) is 2.12. The van der Waals surface area contributed by atoms with Crippen molar-refractivity contribution in [2.24, 2.45) is 5.73 Å². The molecule has 0 aromatic carbocycles. The summed E-state index contributed by atoms with van der Waals surface area (Å²) in [6.07, 6.45) is 0.666. The standard InChI is InChI=1S/C9H22N2O2/c1-3-13-7-5-11(2)8-9(10)4-6-12/h9,12H,3-8,10H2,1-2H3. The summed E-state index contributed by atoms with van der Waals surface area (Å²) in [7, 11) is 2.01. The van der Waals surface area contributed by atoms with Crippen molar-refractivity contribution in [1.82, 2.24) is 4.90 Å². The van der Waals surface area contributed by atoms with E-state index in [0.717, 1.165) is 26.3 Å². The highest BCUT2D eigenvalue weighted by molar-refractivity contribution is 4.65. The first-order valence-electron chi connectivity index (χ1n) is 4.83. The molecular formula is C9H22N2O2. The van der Waals surface area contributed by atoms with Crippen LogP contribution in [-0.4, -0.2) is 56.0 Å². The fourth-order valence-electron chi connectivity index (χ4n) is 1.11. The van der Waals surface area contributed by atoms with Crippen LogP contribution in [0.5, 0.6) is 0 Å². The summed E-state index contributed by atoms with van der Waals surface area (Å²) in [5.74, 6) is 0. The number of nitrogens with two attached hydrogens (primary N) is 1. The van der Waals surface area contributed by atoms with Crippen molar-refractivity contribution >= 4 is 0 Å².